The molecule has 0 aromatic heterocycles. The Morgan fingerprint density at radius 3 is 2.58 bits per heavy atom. The van der Waals surface area contributed by atoms with Gasteiger partial charge < -0.3 is 5.43 Å². The lowest BCUT2D eigenvalue weighted by atomic mass is 10.1. The van der Waals surface area contributed by atoms with Gasteiger partial charge in [-0.25, -0.2) is 8.42 Å². The van der Waals surface area contributed by atoms with E-state index in [1.807, 2.05) is 0 Å². The number of nitrogens with one attached hydrogen (secondary N) is 2. The number of rotatable bonds is 7. The van der Waals surface area contributed by atoms with E-state index in [9.17, 15) is 13.2 Å². The zero-order valence-electron chi connectivity index (χ0n) is 14.2. The van der Waals surface area contributed by atoms with E-state index < -0.39 is 10.0 Å². The Morgan fingerprint density at radius 1 is 1.21 bits per heavy atom. The third-order valence-electron chi connectivity index (χ3n) is 4.07. The van der Waals surface area contributed by atoms with Crippen molar-refractivity contribution >= 4 is 15.9 Å². The Balaban J connectivity index is 2.11. The maximum Gasteiger partial charge on any atom is 0.269 e. The molecule has 1 aromatic rings. The summed E-state index contributed by atoms with van der Waals surface area (Å²) in [7, 11) is -3.57. The maximum absolute atomic E-state index is 12.5. The fraction of sp³-hybridized carbons (Fsp3) is 0.471. The monoisotopic (exact) mass is 351 g/mol. The quantitative estimate of drug-likeness (QED) is 0.740. The smallest absolute Gasteiger partial charge is 0.269 e. The zero-order chi connectivity index (χ0) is 17.6. The molecule has 1 aromatic carbocycles. The van der Waals surface area contributed by atoms with Gasteiger partial charge in [-0.2, -0.15) is 4.31 Å². The molecule has 0 unspecified atom stereocenters. The fourth-order valence-corrected chi connectivity index (χ4v) is 4.18. The van der Waals surface area contributed by atoms with E-state index >= 15 is 0 Å². The van der Waals surface area contributed by atoms with Crippen LogP contribution in [0.1, 0.15) is 49.9 Å². The first-order valence-corrected chi connectivity index (χ1v) is 9.78. The first-order valence-electron chi connectivity index (χ1n) is 8.34. The first kappa shape index (κ1) is 18.5. The van der Waals surface area contributed by atoms with Gasteiger partial charge in [-0.1, -0.05) is 26.0 Å². The molecule has 0 saturated carbocycles. The largest absolute Gasteiger partial charge is 0.303 e. The van der Waals surface area contributed by atoms with E-state index in [4.69, 9.17) is 0 Å². The summed E-state index contributed by atoms with van der Waals surface area (Å²) in [5.41, 5.74) is 6.88. The van der Waals surface area contributed by atoms with Crippen LogP contribution in [0.2, 0.25) is 0 Å². The van der Waals surface area contributed by atoms with Crippen molar-refractivity contribution < 1.29 is 13.2 Å². The Kier molecular flexibility index (Phi) is 6.39. The van der Waals surface area contributed by atoms with Gasteiger partial charge in [-0.15, -0.1) is 0 Å². The topological polar surface area (TPSA) is 78.5 Å². The molecular weight excluding hydrogens is 326 g/mol. The molecule has 1 aliphatic rings. The van der Waals surface area contributed by atoms with Gasteiger partial charge in [0, 0.05) is 24.4 Å². The molecule has 1 amide bonds. The summed E-state index contributed by atoms with van der Waals surface area (Å²) in [4.78, 5) is 12.4. The van der Waals surface area contributed by atoms with Crippen LogP contribution < -0.4 is 10.9 Å². The molecule has 6 nitrogen and oxygen atoms in total. The molecule has 24 heavy (non-hydrogen) atoms. The number of hydrogen-bond acceptors (Lipinski definition) is 4. The zero-order valence-corrected chi connectivity index (χ0v) is 15.0. The van der Waals surface area contributed by atoms with Crippen LogP contribution in [0.5, 0.6) is 0 Å². The van der Waals surface area contributed by atoms with Gasteiger partial charge in [0.2, 0.25) is 10.0 Å². The molecule has 0 atom stereocenters. The van der Waals surface area contributed by atoms with Crippen molar-refractivity contribution in [1.82, 2.24) is 15.2 Å². The number of sulfonamides is 1. The molecule has 0 fully saturated rings. The number of hydrazine groups is 1. The van der Waals surface area contributed by atoms with E-state index in [0.29, 0.717) is 18.7 Å². The summed E-state index contributed by atoms with van der Waals surface area (Å²) >= 11 is 0. The van der Waals surface area contributed by atoms with Crippen molar-refractivity contribution in [1.29, 1.82) is 0 Å². The normalized spacial score (nSPS) is 15.0. The number of allylic oxidation sites excluding steroid dienone is 2. The van der Waals surface area contributed by atoms with E-state index in [1.165, 1.54) is 22.9 Å². The average Bonchev–Trinajstić information content (AvgIpc) is 2.61. The van der Waals surface area contributed by atoms with Crippen LogP contribution in [0.25, 0.3) is 0 Å². The summed E-state index contributed by atoms with van der Waals surface area (Å²) in [6, 6.07) is 6.13. The molecular formula is C17H25N3O3S. The highest BCUT2D eigenvalue weighted by Gasteiger charge is 2.22. The number of hydrogen-bond donors (Lipinski definition) is 2. The summed E-state index contributed by atoms with van der Waals surface area (Å²) < 4.78 is 26.5. The molecule has 0 bridgehead atoms. The second-order valence-electron chi connectivity index (χ2n) is 5.67. The number of carbonyl (C=O) groups excluding carboxylic acids is 1. The number of benzene rings is 1. The standard InChI is InChI=1S/C17H25N3O3S/c1-3-20(4-2)24(22,23)16-12-8-9-14(13-16)17(21)19-18-15-10-6-5-7-11-15/h8-10,12-13,18H,3-7,11H2,1-2H3,(H,19,21). The van der Waals surface area contributed by atoms with Crippen molar-refractivity contribution in [3.05, 3.63) is 41.6 Å². The number of carbonyl (C=O) groups is 1. The molecule has 0 radical (unpaired) electrons. The predicted octanol–water partition coefficient (Wildman–Crippen LogP) is 2.41. The van der Waals surface area contributed by atoms with Crippen LogP contribution in [0.15, 0.2) is 40.9 Å². The van der Waals surface area contributed by atoms with E-state index in [1.54, 1.807) is 26.0 Å². The maximum atomic E-state index is 12.5. The van der Waals surface area contributed by atoms with Crippen LogP contribution in [-0.4, -0.2) is 31.7 Å². The van der Waals surface area contributed by atoms with Crippen molar-refractivity contribution in [3.8, 4) is 0 Å². The second kappa shape index (κ2) is 8.30. The lowest BCUT2D eigenvalue weighted by molar-refractivity contribution is 0.0937. The van der Waals surface area contributed by atoms with Crippen molar-refractivity contribution in [3.63, 3.8) is 0 Å². The van der Waals surface area contributed by atoms with Gasteiger partial charge >= 0.3 is 0 Å². The van der Waals surface area contributed by atoms with E-state index in [2.05, 4.69) is 16.9 Å². The van der Waals surface area contributed by atoms with Crippen molar-refractivity contribution in [2.75, 3.05) is 13.1 Å². The van der Waals surface area contributed by atoms with Gasteiger partial charge in [0.25, 0.3) is 5.91 Å². The summed E-state index contributed by atoms with van der Waals surface area (Å²) in [6.07, 6.45) is 6.27. The van der Waals surface area contributed by atoms with Crippen LogP contribution in [-0.2, 0) is 10.0 Å². The molecule has 0 heterocycles. The fourth-order valence-electron chi connectivity index (χ4n) is 2.67. The predicted molar refractivity (Wildman–Crippen MR) is 93.7 cm³/mol. The van der Waals surface area contributed by atoms with Crippen LogP contribution in [0.4, 0.5) is 0 Å². The molecule has 7 heteroatoms. The summed E-state index contributed by atoms with van der Waals surface area (Å²) in [5.74, 6) is -0.349. The number of nitrogens with zero attached hydrogens (tertiary/aromatic N) is 1. The van der Waals surface area contributed by atoms with Crippen LogP contribution in [0, 0.1) is 0 Å². The molecule has 2 N–H and O–H groups in total. The van der Waals surface area contributed by atoms with Crippen molar-refractivity contribution in [2.24, 2.45) is 0 Å². The minimum Gasteiger partial charge on any atom is -0.303 e. The molecule has 132 valence electrons. The summed E-state index contributed by atoms with van der Waals surface area (Å²) in [6.45, 7) is 4.37. The van der Waals surface area contributed by atoms with Gasteiger partial charge in [-0.3, -0.25) is 10.2 Å². The minimum atomic E-state index is -3.57. The molecule has 1 aliphatic carbocycles. The van der Waals surface area contributed by atoms with Gasteiger partial charge in [-0.05, 0) is 43.9 Å². The third-order valence-corrected chi connectivity index (χ3v) is 6.11. The van der Waals surface area contributed by atoms with Gasteiger partial charge in [0.15, 0.2) is 0 Å². The molecule has 0 aliphatic heterocycles. The van der Waals surface area contributed by atoms with E-state index in [0.717, 1.165) is 25.0 Å². The molecule has 2 rings (SSSR count). The Labute approximate surface area is 144 Å². The Hall–Kier alpha value is -1.86. The minimum absolute atomic E-state index is 0.135. The van der Waals surface area contributed by atoms with Crippen LogP contribution in [0.3, 0.4) is 0 Å². The second-order valence-corrected chi connectivity index (χ2v) is 7.61. The van der Waals surface area contributed by atoms with E-state index in [-0.39, 0.29) is 10.8 Å². The first-order chi connectivity index (χ1) is 11.5. The highest BCUT2D eigenvalue weighted by Crippen LogP contribution is 2.17. The lowest BCUT2D eigenvalue weighted by Gasteiger charge is -2.19. The van der Waals surface area contributed by atoms with Crippen molar-refractivity contribution in [2.45, 2.75) is 44.4 Å². The third kappa shape index (κ3) is 4.36. The highest BCUT2D eigenvalue weighted by molar-refractivity contribution is 7.89. The average molecular weight is 351 g/mol. The lowest BCUT2D eigenvalue weighted by Crippen LogP contribution is -2.37. The number of amides is 1. The SMILES string of the molecule is CCN(CC)S(=O)(=O)c1cccc(C(=O)NNC2=CCCCC2)c1. The Morgan fingerprint density at radius 2 is 1.96 bits per heavy atom. The van der Waals surface area contributed by atoms with Gasteiger partial charge in [0.1, 0.15) is 0 Å². The van der Waals surface area contributed by atoms with Crippen LogP contribution >= 0.6 is 0 Å². The Bertz CT molecular complexity index is 710. The molecule has 0 saturated heterocycles. The van der Waals surface area contributed by atoms with Gasteiger partial charge in [0.05, 0.1) is 4.90 Å². The molecule has 0 spiro atoms. The summed E-state index contributed by atoms with van der Waals surface area (Å²) in [5, 5.41) is 0. The highest BCUT2D eigenvalue weighted by atomic mass is 32.2.